The summed E-state index contributed by atoms with van der Waals surface area (Å²) in [6, 6.07) is 11.3. The van der Waals surface area contributed by atoms with Crippen LogP contribution < -0.4 is 5.56 Å². The van der Waals surface area contributed by atoms with Gasteiger partial charge in [-0.15, -0.1) is 0 Å². The molecule has 0 aliphatic heterocycles. The zero-order valence-corrected chi connectivity index (χ0v) is 13.4. The van der Waals surface area contributed by atoms with Crippen LogP contribution in [0.3, 0.4) is 0 Å². The first-order chi connectivity index (χ1) is 11.5. The third kappa shape index (κ3) is 2.78. The van der Waals surface area contributed by atoms with Crippen LogP contribution in [0.2, 0.25) is 0 Å². The summed E-state index contributed by atoms with van der Waals surface area (Å²) in [4.78, 5) is 30.7. The Balaban J connectivity index is 2.25. The van der Waals surface area contributed by atoms with E-state index in [1.807, 2.05) is 0 Å². The standard InChI is InChI=1S/C18H16FN3O2/c1-21(2)17(23)14-10-12-7-5-9-20-16(12)22(18(14)24)11-13-6-3-4-8-15(13)19/h3-10H,11H2,1-2H3. The molecule has 5 nitrogen and oxygen atoms in total. The van der Waals surface area contributed by atoms with Crippen LogP contribution in [0.5, 0.6) is 0 Å². The van der Waals surface area contributed by atoms with Crippen LogP contribution in [0.4, 0.5) is 4.39 Å². The topological polar surface area (TPSA) is 55.2 Å². The van der Waals surface area contributed by atoms with Gasteiger partial charge in [-0.2, -0.15) is 0 Å². The molecule has 1 aromatic carbocycles. The highest BCUT2D eigenvalue weighted by atomic mass is 19.1. The normalized spacial score (nSPS) is 10.8. The molecule has 0 N–H and O–H groups in total. The highest BCUT2D eigenvalue weighted by Gasteiger charge is 2.18. The third-order valence-corrected chi connectivity index (χ3v) is 3.77. The number of pyridine rings is 2. The highest BCUT2D eigenvalue weighted by molar-refractivity contribution is 5.96. The van der Waals surface area contributed by atoms with Gasteiger partial charge in [0.2, 0.25) is 0 Å². The molecule has 3 aromatic rings. The van der Waals surface area contributed by atoms with Crippen molar-refractivity contribution < 1.29 is 9.18 Å². The summed E-state index contributed by atoms with van der Waals surface area (Å²) in [5.41, 5.74) is 0.335. The number of fused-ring (bicyclic) bond motifs is 1. The molecule has 0 atom stereocenters. The Morgan fingerprint density at radius 1 is 1.21 bits per heavy atom. The van der Waals surface area contributed by atoms with Gasteiger partial charge in [-0.1, -0.05) is 18.2 Å². The molecule has 0 spiro atoms. The Morgan fingerprint density at radius 2 is 1.96 bits per heavy atom. The molecule has 0 saturated carbocycles. The van der Waals surface area contributed by atoms with Crippen molar-refractivity contribution in [2.45, 2.75) is 6.54 Å². The summed E-state index contributed by atoms with van der Waals surface area (Å²) >= 11 is 0. The van der Waals surface area contributed by atoms with Crippen molar-refractivity contribution in [3.63, 3.8) is 0 Å². The SMILES string of the molecule is CN(C)C(=O)c1cc2cccnc2n(Cc2ccccc2F)c1=O. The number of amides is 1. The summed E-state index contributed by atoms with van der Waals surface area (Å²) in [7, 11) is 3.16. The number of nitrogens with zero attached hydrogens (tertiary/aromatic N) is 3. The van der Waals surface area contributed by atoms with Gasteiger partial charge in [0.1, 0.15) is 17.0 Å². The van der Waals surface area contributed by atoms with Crippen molar-refractivity contribution in [1.29, 1.82) is 0 Å². The Morgan fingerprint density at radius 3 is 2.67 bits per heavy atom. The van der Waals surface area contributed by atoms with Gasteiger partial charge in [0.15, 0.2) is 0 Å². The average Bonchev–Trinajstić information content (AvgIpc) is 2.58. The Hall–Kier alpha value is -3.02. The summed E-state index contributed by atoms with van der Waals surface area (Å²) in [6.07, 6.45) is 1.56. The summed E-state index contributed by atoms with van der Waals surface area (Å²) in [6.45, 7) is 0.00751. The minimum atomic E-state index is -0.483. The number of benzene rings is 1. The van der Waals surface area contributed by atoms with E-state index in [1.54, 1.807) is 50.6 Å². The van der Waals surface area contributed by atoms with Gasteiger partial charge in [-0.05, 0) is 24.3 Å². The second-order valence-electron chi connectivity index (χ2n) is 5.66. The molecule has 122 valence electrons. The predicted molar refractivity (Wildman–Crippen MR) is 89.5 cm³/mol. The van der Waals surface area contributed by atoms with E-state index in [0.717, 1.165) is 0 Å². The predicted octanol–water partition coefficient (Wildman–Crippen LogP) is 2.29. The molecule has 0 unspecified atom stereocenters. The third-order valence-electron chi connectivity index (χ3n) is 3.77. The van der Waals surface area contributed by atoms with Gasteiger partial charge < -0.3 is 4.90 Å². The first-order valence-corrected chi connectivity index (χ1v) is 7.42. The molecular formula is C18H16FN3O2. The van der Waals surface area contributed by atoms with E-state index in [0.29, 0.717) is 16.6 Å². The van der Waals surface area contributed by atoms with Crippen LogP contribution in [-0.4, -0.2) is 34.5 Å². The number of carbonyl (C=O) groups is 1. The second-order valence-corrected chi connectivity index (χ2v) is 5.66. The number of halogens is 1. The molecule has 0 fully saturated rings. The first-order valence-electron chi connectivity index (χ1n) is 7.42. The first kappa shape index (κ1) is 15.9. The number of hydrogen-bond donors (Lipinski definition) is 0. The van der Waals surface area contributed by atoms with Crippen molar-refractivity contribution in [2.24, 2.45) is 0 Å². The number of aromatic nitrogens is 2. The Bertz CT molecular complexity index is 979. The maximum Gasteiger partial charge on any atom is 0.265 e. The quantitative estimate of drug-likeness (QED) is 0.742. The number of hydrogen-bond acceptors (Lipinski definition) is 3. The maximum atomic E-state index is 14.0. The molecule has 2 heterocycles. The minimum Gasteiger partial charge on any atom is -0.345 e. The molecule has 2 aromatic heterocycles. The summed E-state index contributed by atoms with van der Waals surface area (Å²) in [5, 5.41) is 0.652. The van der Waals surface area contributed by atoms with Crippen molar-refractivity contribution >= 4 is 16.9 Å². The van der Waals surface area contributed by atoms with Gasteiger partial charge in [0.05, 0.1) is 6.54 Å². The zero-order valence-electron chi connectivity index (χ0n) is 13.4. The molecule has 1 amide bonds. The van der Waals surface area contributed by atoms with Crippen LogP contribution in [0.15, 0.2) is 53.5 Å². The maximum absolute atomic E-state index is 14.0. The summed E-state index contributed by atoms with van der Waals surface area (Å²) < 4.78 is 15.3. The second kappa shape index (κ2) is 6.23. The Kier molecular flexibility index (Phi) is 4.12. The molecule has 6 heteroatoms. The molecule has 0 bridgehead atoms. The summed E-state index contributed by atoms with van der Waals surface area (Å²) in [5.74, 6) is -0.800. The minimum absolute atomic E-state index is 0.00751. The fourth-order valence-electron chi connectivity index (χ4n) is 2.54. The fraction of sp³-hybridized carbons (Fsp3) is 0.167. The van der Waals surface area contributed by atoms with E-state index in [9.17, 15) is 14.0 Å². The van der Waals surface area contributed by atoms with Gasteiger partial charge in [0.25, 0.3) is 11.5 Å². The van der Waals surface area contributed by atoms with Crippen LogP contribution in [0.25, 0.3) is 11.0 Å². The van der Waals surface area contributed by atoms with Gasteiger partial charge in [-0.3, -0.25) is 14.2 Å². The van der Waals surface area contributed by atoms with E-state index in [4.69, 9.17) is 0 Å². The fourth-order valence-corrected chi connectivity index (χ4v) is 2.54. The molecule has 0 radical (unpaired) electrons. The van der Waals surface area contributed by atoms with E-state index in [1.165, 1.54) is 21.6 Å². The molecule has 0 aliphatic carbocycles. The van der Waals surface area contributed by atoms with E-state index in [-0.39, 0.29) is 12.1 Å². The number of carbonyl (C=O) groups excluding carboxylic acids is 1. The molecule has 0 aliphatic rings. The molecule has 24 heavy (non-hydrogen) atoms. The van der Waals surface area contributed by atoms with Crippen molar-refractivity contribution in [3.8, 4) is 0 Å². The number of rotatable bonds is 3. The van der Waals surface area contributed by atoms with E-state index >= 15 is 0 Å². The lowest BCUT2D eigenvalue weighted by Gasteiger charge is -2.14. The van der Waals surface area contributed by atoms with Crippen molar-refractivity contribution in [1.82, 2.24) is 14.5 Å². The molecular weight excluding hydrogens is 309 g/mol. The van der Waals surface area contributed by atoms with Crippen molar-refractivity contribution in [2.75, 3.05) is 14.1 Å². The van der Waals surface area contributed by atoms with Crippen molar-refractivity contribution in [3.05, 3.63) is 76.0 Å². The van der Waals surface area contributed by atoms with Gasteiger partial charge in [0, 0.05) is 31.2 Å². The van der Waals surface area contributed by atoms with Gasteiger partial charge in [-0.25, -0.2) is 9.37 Å². The van der Waals surface area contributed by atoms with E-state index in [2.05, 4.69) is 4.98 Å². The lowest BCUT2D eigenvalue weighted by atomic mass is 10.1. The molecule has 3 rings (SSSR count). The smallest absolute Gasteiger partial charge is 0.265 e. The average molecular weight is 325 g/mol. The lowest BCUT2D eigenvalue weighted by Crippen LogP contribution is -2.33. The monoisotopic (exact) mass is 325 g/mol. The van der Waals surface area contributed by atoms with Gasteiger partial charge >= 0.3 is 0 Å². The lowest BCUT2D eigenvalue weighted by molar-refractivity contribution is 0.0825. The zero-order chi connectivity index (χ0) is 17.3. The van der Waals surface area contributed by atoms with Crippen LogP contribution >= 0.6 is 0 Å². The largest absolute Gasteiger partial charge is 0.345 e. The van der Waals surface area contributed by atoms with Crippen LogP contribution in [-0.2, 0) is 6.54 Å². The molecule has 0 saturated heterocycles. The van der Waals surface area contributed by atoms with E-state index < -0.39 is 17.3 Å². The highest BCUT2D eigenvalue weighted by Crippen LogP contribution is 2.15. The Labute approximate surface area is 138 Å². The van der Waals surface area contributed by atoms with Crippen LogP contribution in [0.1, 0.15) is 15.9 Å². The van der Waals surface area contributed by atoms with Crippen LogP contribution in [0, 0.1) is 5.82 Å².